The number of ether oxygens (including phenoxy) is 1. The molecule has 1 atom stereocenters. The van der Waals surface area contributed by atoms with Gasteiger partial charge in [0, 0.05) is 30.2 Å². The van der Waals surface area contributed by atoms with Crippen molar-refractivity contribution in [1.29, 1.82) is 0 Å². The number of hydrogen-bond donors (Lipinski definition) is 1. The second kappa shape index (κ2) is 8.82. The molecule has 1 unspecified atom stereocenters. The van der Waals surface area contributed by atoms with Crippen LogP contribution < -0.4 is 10.1 Å². The van der Waals surface area contributed by atoms with Gasteiger partial charge in [0.1, 0.15) is 5.75 Å². The Morgan fingerprint density at radius 1 is 1.31 bits per heavy atom. The number of anilines is 1. The van der Waals surface area contributed by atoms with Crippen LogP contribution in [0, 0.1) is 0 Å². The number of amides is 1. The number of thioether (sulfide) groups is 1. The van der Waals surface area contributed by atoms with Gasteiger partial charge in [-0.05, 0) is 44.7 Å². The lowest BCUT2D eigenvalue weighted by Crippen LogP contribution is -2.46. The van der Waals surface area contributed by atoms with Crippen molar-refractivity contribution >= 4 is 34.3 Å². The first-order valence-electron chi connectivity index (χ1n) is 10.7. The Morgan fingerprint density at radius 2 is 2.14 bits per heavy atom. The van der Waals surface area contributed by atoms with E-state index in [-0.39, 0.29) is 4.87 Å². The molecule has 0 radical (unpaired) electrons. The molecule has 2 aliphatic rings. The van der Waals surface area contributed by atoms with E-state index in [4.69, 9.17) is 4.74 Å². The van der Waals surface area contributed by atoms with Crippen molar-refractivity contribution < 1.29 is 9.53 Å². The first-order valence-corrected chi connectivity index (χ1v) is 11.7. The molecule has 2 fully saturated rings. The van der Waals surface area contributed by atoms with Crippen molar-refractivity contribution in [2.75, 3.05) is 24.7 Å². The number of nitrogens with zero attached hydrogens (tertiary/aromatic N) is 2. The summed E-state index contributed by atoms with van der Waals surface area (Å²) < 4.78 is 5.45. The summed E-state index contributed by atoms with van der Waals surface area (Å²) in [5, 5.41) is 4.69. The van der Waals surface area contributed by atoms with Gasteiger partial charge in [-0.25, -0.2) is 0 Å². The van der Waals surface area contributed by atoms with Crippen LogP contribution in [-0.2, 0) is 4.79 Å². The molecular formula is C23H31N3O2S. The van der Waals surface area contributed by atoms with Gasteiger partial charge < -0.3 is 15.0 Å². The zero-order chi connectivity index (χ0) is 20.3. The second-order valence-corrected chi connectivity index (χ2v) is 9.62. The molecule has 1 aliphatic heterocycles. The molecule has 6 heteroatoms. The highest BCUT2D eigenvalue weighted by Gasteiger charge is 2.45. The Kier molecular flexibility index (Phi) is 6.18. The molecule has 156 valence electrons. The van der Waals surface area contributed by atoms with E-state index in [9.17, 15) is 4.79 Å². The zero-order valence-corrected chi connectivity index (χ0v) is 18.3. The van der Waals surface area contributed by atoms with Gasteiger partial charge in [-0.1, -0.05) is 25.3 Å². The topological polar surface area (TPSA) is 54.5 Å². The normalized spacial score (nSPS) is 19.7. The number of aromatic nitrogens is 1. The lowest BCUT2D eigenvalue weighted by molar-refractivity contribution is -0.131. The summed E-state index contributed by atoms with van der Waals surface area (Å²) in [5.41, 5.74) is 1.97. The minimum atomic E-state index is 0.0961. The van der Waals surface area contributed by atoms with E-state index in [2.05, 4.69) is 28.2 Å². The average Bonchev–Trinajstić information content (AvgIpc) is 3.03. The molecule has 1 spiro atoms. The van der Waals surface area contributed by atoms with Crippen molar-refractivity contribution in [3.05, 3.63) is 30.5 Å². The molecule has 1 N–H and O–H groups in total. The smallest absolute Gasteiger partial charge is 0.233 e. The summed E-state index contributed by atoms with van der Waals surface area (Å²) in [7, 11) is 1.69. The van der Waals surface area contributed by atoms with Gasteiger partial charge in [0.25, 0.3) is 0 Å². The van der Waals surface area contributed by atoms with Gasteiger partial charge >= 0.3 is 0 Å². The van der Waals surface area contributed by atoms with Gasteiger partial charge in [-0.2, -0.15) is 0 Å². The Bertz CT molecular complexity index is 866. The van der Waals surface area contributed by atoms with E-state index < -0.39 is 0 Å². The zero-order valence-electron chi connectivity index (χ0n) is 17.4. The fourth-order valence-corrected chi connectivity index (χ4v) is 6.19. The van der Waals surface area contributed by atoms with E-state index in [1.165, 1.54) is 32.1 Å². The first kappa shape index (κ1) is 20.3. The van der Waals surface area contributed by atoms with E-state index in [1.54, 1.807) is 7.11 Å². The Labute approximate surface area is 177 Å². The van der Waals surface area contributed by atoms with Gasteiger partial charge in [0.2, 0.25) is 5.91 Å². The van der Waals surface area contributed by atoms with Gasteiger partial charge in [0.05, 0.1) is 28.9 Å². The lowest BCUT2D eigenvalue weighted by Gasteiger charge is -2.40. The predicted octanol–water partition coefficient (Wildman–Crippen LogP) is 5.06. The molecule has 2 heterocycles. The minimum absolute atomic E-state index is 0.0961. The number of carbonyl (C=O) groups excluding carboxylic acids is 1. The van der Waals surface area contributed by atoms with Crippen LogP contribution in [0.5, 0.6) is 5.75 Å². The van der Waals surface area contributed by atoms with E-state index in [0.29, 0.717) is 17.7 Å². The number of fused-ring (bicyclic) bond motifs is 1. The summed E-state index contributed by atoms with van der Waals surface area (Å²) in [6.07, 6.45) is 10.00. The summed E-state index contributed by atoms with van der Waals surface area (Å²) >= 11 is 1.89. The summed E-state index contributed by atoms with van der Waals surface area (Å²) in [6.45, 7) is 3.07. The largest absolute Gasteiger partial charge is 0.497 e. The van der Waals surface area contributed by atoms with Crippen molar-refractivity contribution in [2.24, 2.45) is 0 Å². The molecule has 0 bridgehead atoms. The number of nitrogens with one attached hydrogen (secondary N) is 1. The summed E-state index contributed by atoms with van der Waals surface area (Å²) in [6, 6.07) is 8.32. The molecule has 1 aliphatic carbocycles. The highest BCUT2D eigenvalue weighted by molar-refractivity contribution is 8.01. The van der Waals surface area contributed by atoms with Crippen molar-refractivity contribution in [2.45, 2.75) is 62.8 Å². The maximum absolute atomic E-state index is 12.5. The SMILES string of the molecule is COc1cc(NC(C)CCCN2C(=O)CSC23CCCCC3)c2ncccc2c1. The number of rotatable bonds is 7. The fraction of sp³-hybridized carbons (Fsp3) is 0.565. The standard InChI is InChI=1S/C23H31N3O2S/c1-17(25-20-15-19(28-2)14-18-9-6-12-24-22(18)20)8-7-13-26-21(27)16-29-23(26)10-4-3-5-11-23/h6,9,12,14-15,17,25H,3-5,7-8,10-11,13,16H2,1-2H3. The highest BCUT2D eigenvalue weighted by atomic mass is 32.2. The van der Waals surface area contributed by atoms with Gasteiger partial charge in [-0.3, -0.25) is 9.78 Å². The molecule has 1 amide bonds. The van der Waals surface area contributed by atoms with Gasteiger partial charge in [-0.15, -0.1) is 11.8 Å². The number of carbonyl (C=O) groups is 1. The third-order valence-electron chi connectivity index (χ3n) is 6.23. The summed E-state index contributed by atoms with van der Waals surface area (Å²) in [5.74, 6) is 1.83. The predicted molar refractivity (Wildman–Crippen MR) is 121 cm³/mol. The maximum atomic E-state index is 12.5. The third-order valence-corrected chi connectivity index (χ3v) is 7.78. The van der Waals surface area contributed by atoms with Gasteiger partial charge in [0.15, 0.2) is 0 Å². The molecule has 29 heavy (non-hydrogen) atoms. The van der Waals surface area contributed by atoms with Crippen LogP contribution in [0.1, 0.15) is 51.9 Å². The molecular weight excluding hydrogens is 382 g/mol. The maximum Gasteiger partial charge on any atom is 0.233 e. The van der Waals surface area contributed by atoms with Crippen LogP contribution in [0.15, 0.2) is 30.5 Å². The number of methoxy groups -OCH3 is 1. The van der Waals surface area contributed by atoms with Crippen LogP contribution in [0.2, 0.25) is 0 Å². The summed E-state index contributed by atoms with van der Waals surface area (Å²) in [4.78, 5) is 19.3. The molecule has 1 saturated heterocycles. The van der Waals surface area contributed by atoms with Crippen molar-refractivity contribution in [3.8, 4) is 5.75 Å². The molecule has 1 aromatic heterocycles. The molecule has 1 saturated carbocycles. The van der Waals surface area contributed by atoms with Crippen LogP contribution >= 0.6 is 11.8 Å². The van der Waals surface area contributed by atoms with Crippen molar-refractivity contribution in [3.63, 3.8) is 0 Å². The van der Waals surface area contributed by atoms with Crippen LogP contribution in [-0.4, -0.2) is 46.1 Å². The molecule has 5 nitrogen and oxygen atoms in total. The minimum Gasteiger partial charge on any atom is -0.497 e. The van der Waals surface area contributed by atoms with Crippen LogP contribution in [0.3, 0.4) is 0 Å². The quantitative estimate of drug-likeness (QED) is 0.688. The highest BCUT2D eigenvalue weighted by Crippen LogP contribution is 2.47. The van der Waals surface area contributed by atoms with Crippen LogP contribution in [0.25, 0.3) is 10.9 Å². The Morgan fingerprint density at radius 3 is 2.93 bits per heavy atom. The monoisotopic (exact) mass is 413 g/mol. The van der Waals surface area contributed by atoms with E-state index >= 15 is 0 Å². The number of benzene rings is 1. The molecule has 2 aromatic rings. The van der Waals surface area contributed by atoms with Crippen LogP contribution in [0.4, 0.5) is 5.69 Å². The van der Waals surface area contributed by atoms with E-state index in [0.717, 1.165) is 41.7 Å². The molecule has 1 aromatic carbocycles. The Balaban J connectivity index is 1.37. The molecule has 4 rings (SSSR count). The Hall–Kier alpha value is -1.95. The number of pyridine rings is 1. The second-order valence-electron chi connectivity index (χ2n) is 8.28. The lowest BCUT2D eigenvalue weighted by atomic mass is 9.93. The van der Waals surface area contributed by atoms with E-state index in [1.807, 2.05) is 36.2 Å². The fourth-order valence-electron chi connectivity index (χ4n) is 4.71. The first-order chi connectivity index (χ1) is 14.1. The van der Waals surface area contributed by atoms with Crippen molar-refractivity contribution in [1.82, 2.24) is 9.88 Å². The third kappa shape index (κ3) is 4.32. The average molecular weight is 414 g/mol. The number of hydrogen-bond acceptors (Lipinski definition) is 5.